The molecular weight excluding hydrogens is 280 g/mol. The summed E-state index contributed by atoms with van der Waals surface area (Å²) in [5.41, 5.74) is 5.42. The summed E-state index contributed by atoms with van der Waals surface area (Å²) in [4.78, 5) is 10.4. The minimum atomic E-state index is -1.12. The molecule has 1 atom stereocenters. The van der Waals surface area contributed by atoms with Crippen molar-refractivity contribution in [2.45, 2.75) is 25.5 Å². The monoisotopic (exact) mass is 293 g/mol. The Kier molecular flexibility index (Phi) is 5.65. The van der Waals surface area contributed by atoms with Crippen LogP contribution in [-0.4, -0.2) is 18.2 Å². The van der Waals surface area contributed by atoms with E-state index >= 15 is 0 Å². The second-order valence-corrected chi connectivity index (χ2v) is 4.43. The average molecular weight is 294 g/mol. The second-order valence-electron chi connectivity index (χ2n) is 4.03. The fourth-order valence-corrected chi connectivity index (χ4v) is 1.89. The first kappa shape index (κ1) is 15.8. The molecule has 1 rings (SSSR count). The van der Waals surface area contributed by atoms with Crippen molar-refractivity contribution >= 4 is 17.6 Å². The summed E-state index contributed by atoms with van der Waals surface area (Å²) >= 11 is 5.83. The van der Waals surface area contributed by atoms with Crippen LogP contribution in [0.3, 0.4) is 0 Å². The first-order valence-corrected chi connectivity index (χ1v) is 5.88. The first-order valence-electron chi connectivity index (χ1n) is 5.51. The Labute approximate surface area is 114 Å². The van der Waals surface area contributed by atoms with Crippen LogP contribution in [0.4, 0.5) is 8.78 Å². The number of rotatable bonds is 6. The van der Waals surface area contributed by atoms with E-state index in [9.17, 15) is 13.6 Å². The Morgan fingerprint density at radius 1 is 1.53 bits per heavy atom. The summed E-state index contributed by atoms with van der Waals surface area (Å²) in [6, 6.07) is 0.278. The van der Waals surface area contributed by atoms with E-state index in [1.807, 2.05) is 0 Å². The summed E-state index contributed by atoms with van der Waals surface area (Å²) in [6.07, 6.45) is -0.245. The summed E-state index contributed by atoms with van der Waals surface area (Å²) < 4.78 is 32.3. The van der Waals surface area contributed by atoms with Crippen LogP contribution in [0.15, 0.2) is 6.07 Å². The summed E-state index contributed by atoms with van der Waals surface area (Å²) in [7, 11) is 1.33. The SMILES string of the molecule is COCc1c(Cl)cc(C(N)CCC(=O)O)c(F)c1F. The van der Waals surface area contributed by atoms with Crippen molar-refractivity contribution in [3.05, 3.63) is 33.9 Å². The zero-order valence-corrected chi connectivity index (χ0v) is 11.0. The number of benzene rings is 1. The molecule has 7 heteroatoms. The maximum Gasteiger partial charge on any atom is 0.303 e. The zero-order valence-electron chi connectivity index (χ0n) is 10.3. The molecular formula is C12H14ClF2NO3. The normalized spacial score (nSPS) is 12.5. The van der Waals surface area contributed by atoms with Crippen molar-refractivity contribution in [1.82, 2.24) is 0 Å². The van der Waals surface area contributed by atoms with Gasteiger partial charge in [0.1, 0.15) is 0 Å². The molecule has 0 amide bonds. The van der Waals surface area contributed by atoms with E-state index in [2.05, 4.69) is 0 Å². The minimum absolute atomic E-state index is 0.00141. The molecule has 0 heterocycles. The molecule has 0 saturated carbocycles. The number of carbonyl (C=O) groups is 1. The van der Waals surface area contributed by atoms with Gasteiger partial charge in [-0.05, 0) is 12.5 Å². The number of halogens is 3. The molecule has 0 aromatic heterocycles. The molecule has 19 heavy (non-hydrogen) atoms. The average Bonchev–Trinajstić information content (AvgIpc) is 2.36. The Morgan fingerprint density at radius 2 is 2.16 bits per heavy atom. The van der Waals surface area contributed by atoms with Gasteiger partial charge >= 0.3 is 5.97 Å². The van der Waals surface area contributed by atoms with Gasteiger partial charge in [-0.15, -0.1) is 0 Å². The maximum atomic E-state index is 13.8. The van der Waals surface area contributed by atoms with Crippen molar-refractivity contribution < 1.29 is 23.4 Å². The Hall–Kier alpha value is -1.24. The lowest BCUT2D eigenvalue weighted by Crippen LogP contribution is -2.16. The van der Waals surface area contributed by atoms with Crippen molar-refractivity contribution in [3.63, 3.8) is 0 Å². The fourth-order valence-electron chi connectivity index (χ4n) is 1.63. The van der Waals surface area contributed by atoms with Crippen LogP contribution in [0.1, 0.15) is 30.0 Å². The van der Waals surface area contributed by atoms with E-state index < -0.39 is 23.6 Å². The third-order valence-electron chi connectivity index (χ3n) is 2.64. The van der Waals surface area contributed by atoms with Gasteiger partial charge in [0.2, 0.25) is 0 Å². The first-order chi connectivity index (χ1) is 8.88. The topological polar surface area (TPSA) is 72.5 Å². The quantitative estimate of drug-likeness (QED) is 0.791. The van der Waals surface area contributed by atoms with Crippen LogP contribution in [-0.2, 0) is 16.1 Å². The van der Waals surface area contributed by atoms with Crippen molar-refractivity contribution in [3.8, 4) is 0 Å². The third-order valence-corrected chi connectivity index (χ3v) is 2.98. The van der Waals surface area contributed by atoms with Crippen LogP contribution < -0.4 is 5.73 Å². The molecule has 1 aromatic carbocycles. The number of hydrogen-bond acceptors (Lipinski definition) is 3. The standard InChI is InChI=1S/C12H14ClF2NO3/c1-19-5-7-8(13)4-6(11(14)12(7)15)9(16)2-3-10(17)18/h4,9H,2-3,5,16H2,1H3,(H,17,18). The molecule has 0 aliphatic carbocycles. The molecule has 0 fully saturated rings. The lowest BCUT2D eigenvalue weighted by Gasteiger charge is -2.15. The molecule has 0 radical (unpaired) electrons. The smallest absolute Gasteiger partial charge is 0.303 e. The zero-order chi connectivity index (χ0) is 14.6. The largest absolute Gasteiger partial charge is 0.481 e. The molecule has 0 spiro atoms. The summed E-state index contributed by atoms with van der Waals surface area (Å²) in [6.45, 7) is -0.160. The van der Waals surface area contributed by atoms with Crippen molar-refractivity contribution in [2.75, 3.05) is 7.11 Å². The van der Waals surface area contributed by atoms with Gasteiger partial charge in [0.25, 0.3) is 0 Å². The Morgan fingerprint density at radius 3 is 2.68 bits per heavy atom. The fraction of sp³-hybridized carbons (Fsp3) is 0.417. The number of aliphatic carboxylic acids is 1. The molecule has 0 saturated heterocycles. The van der Waals surface area contributed by atoms with Gasteiger partial charge in [0.15, 0.2) is 11.6 Å². The van der Waals surface area contributed by atoms with E-state index in [1.165, 1.54) is 13.2 Å². The van der Waals surface area contributed by atoms with E-state index in [-0.39, 0.29) is 35.6 Å². The number of hydrogen-bond donors (Lipinski definition) is 2. The highest BCUT2D eigenvalue weighted by atomic mass is 35.5. The van der Waals surface area contributed by atoms with Crippen LogP contribution in [0, 0.1) is 11.6 Å². The van der Waals surface area contributed by atoms with Gasteiger partial charge in [-0.2, -0.15) is 0 Å². The van der Waals surface area contributed by atoms with E-state index in [0.29, 0.717) is 0 Å². The molecule has 0 bridgehead atoms. The highest BCUT2D eigenvalue weighted by Gasteiger charge is 2.21. The molecule has 106 valence electrons. The van der Waals surface area contributed by atoms with Gasteiger partial charge in [-0.25, -0.2) is 8.78 Å². The molecule has 0 aliphatic rings. The maximum absolute atomic E-state index is 13.8. The van der Waals surface area contributed by atoms with E-state index in [4.69, 9.17) is 27.2 Å². The van der Waals surface area contributed by atoms with Gasteiger partial charge in [-0.1, -0.05) is 11.6 Å². The Balaban J connectivity index is 3.06. The van der Waals surface area contributed by atoms with Crippen molar-refractivity contribution in [1.29, 1.82) is 0 Å². The predicted octanol–water partition coefficient (Wildman–Crippen LogP) is 2.63. The van der Waals surface area contributed by atoms with Crippen LogP contribution in [0.25, 0.3) is 0 Å². The van der Waals surface area contributed by atoms with Crippen molar-refractivity contribution in [2.24, 2.45) is 5.73 Å². The predicted molar refractivity (Wildman–Crippen MR) is 65.9 cm³/mol. The summed E-state index contributed by atoms with van der Waals surface area (Å²) in [5.74, 6) is -3.29. The molecule has 1 unspecified atom stereocenters. The molecule has 0 aliphatic heterocycles. The number of methoxy groups -OCH3 is 1. The number of carboxylic acids is 1. The van der Waals surface area contributed by atoms with E-state index in [0.717, 1.165) is 0 Å². The third kappa shape index (κ3) is 3.86. The number of nitrogens with two attached hydrogens (primary N) is 1. The van der Waals surface area contributed by atoms with Gasteiger partial charge in [0, 0.05) is 35.7 Å². The summed E-state index contributed by atoms with van der Waals surface area (Å²) in [5, 5.41) is 8.54. The lowest BCUT2D eigenvalue weighted by molar-refractivity contribution is -0.137. The molecule has 3 N–H and O–H groups in total. The van der Waals surface area contributed by atoms with E-state index in [1.54, 1.807) is 0 Å². The van der Waals surface area contributed by atoms with Gasteiger partial charge < -0.3 is 15.6 Å². The lowest BCUT2D eigenvalue weighted by atomic mass is 10.00. The number of carboxylic acid groups (broad SMARTS) is 1. The van der Waals surface area contributed by atoms with Gasteiger partial charge in [-0.3, -0.25) is 4.79 Å². The van der Waals surface area contributed by atoms with Crippen LogP contribution >= 0.6 is 11.6 Å². The highest BCUT2D eigenvalue weighted by Crippen LogP contribution is 2.29. The highest BCUT2D eigenvalue weighted by molar-refractivity contribution is 6.31. The minimum Gasteiger partial charge on any atom is -0.481 e. The van der Waals surface area contributed by atoms with Crippen LogP contribution in [0.2, 0.25) is 5.02 Å². The molecule has 4 nitrogen and oxygen atoms in total. The van der Waals surface area contributed by atoms with Gasteiger partial charge in [0.05, 0.1) is 6.61 Å². The Bertz CT molecular complexity index is 483. The second kappa shape index (κ2) is 6.79. The number of ether oxygens (including phenoxy) is 1. The molecule has 1 aromatic rings. The van der Waals surface area contributed by atoms with Crippen LogP contribution in [0.5, 0.6) is 0 Å².